The molecule has 1 aliphatic heterocycles. The minimum Gasteiger partial charge on any atom is -0.318 e. The van der Waals surface area contributed by atoms with E-state index in [9.17, 15) is 14.0 Å². The molecule has 2 rings (SSSR count). The first-order chi connectivity index (χ1) is 9.56. The van der Waals surface area contributed by atoms with Crippen LogP contribution in [-0.4, -0.2) is 42.0 Å². The Hall–Kier alpha value is -1.40. The molecule has 0 aliphatic carbocycles. The molecular formula is C14H17FN2O2S. The normalized spacial score (nSPS) is 13.8. The predicted molar refractivity (Wildman–Crippen MR) is 77.9 cm³/mol. The molecule has 6 heteroatoms. The zero-order valence-electron chi connectivity index (χ0n) is 11.5. The Bertz CT molecular complexity index is 544. The third kappa shape index (κ3) is 3.02. The third-order valence-electron chi connectivity index (χ3n) is 3.33. The predicted octanol–water partition coefficient (Wildman–Crippen LogP) is 2.39. The fourth-order valence-electron chi connectivity index (χ4n) is 2.08. The number of ketones is 1. The van der Waals surface area contributed by atoms with Crippen molar-refractivity contribution in [2.24, 2.45) is 0 Å². The van der Waals surface area contributed by atoms with Crippen LogP contribution in [0.5, 0.6) is 0 Å². The Balaban J connectivity index is 2.05. The Morgan fingerprint density at radius 3 is 2.60 bits per heavy atom. The lowest BCUT2D eigenvalue weighted by Crippen LogP contribution is -2.25. The first kappa shape index (κ1) is 15.0. The summed E-state index contributed by atoms with van der Waals surface area (Å²) in [6, 6.07) is 2.69. The maximum absolute atomic E-state index is 13.9. The zero-order valence-corrected chi connectivity index (χ0v) is 12.3. The van der Waals surface area contributed by atoms with Crippen LogP contribution in [-0.2, 0) is 4.79 Å². The lowest BCUT2D eigenvalue weighted by atomic mass is 10.1. The number of fused-ring (bicyclic) bond motifs is 1. The number of Topliss-reactive ketones (excluding diaryl/α,β-unsaturated/α-hetero) is 1. The molecule has 0 saturated carbocycles. The summed E-state index contributed by atoms with van der Waals surface area (Å²) in [6.45, 7) is 6.98. The number of amides is 1. The van der Waals surface area contributed by atoms with Gasteiger partial charge in [-0.25, -0.2) is 4.39 Å². The van der Waals surface area contributed by atoms with E-state index in [0.29, 0.717) is 10.6 Å². The highest BCUT2D eigenvalue weighted by molar-refractivity contribution is 7.99. The molecule has 1 aliphatic rings. The van der Waals surface area contributed by atoms with Crippen LogP contribution in [0, 0.1) is 5.82 Å². The van der Waals surface area contributed by atoms with Gasteiger partial charge in [0.1, 0.15) is 5.82 Å². The van der Waals surface area contributed by atoms with Crippen LogP contribution in [0.15, 0.2) is 17.0 Å². The van der Waals surface area contributed by atoms with Gasteiger partial charge in [0, 0.05) is 17.2 Å². The summed E-state index contributed by atoms with van der Waals surface area (Å²) in [5.41, 5.74) is 0.535. The van der Waals surface area contributed by atoms with Crippen molar-refractivity contribution in [3.05, 3.63) is 23.5 Å². The number of hydrogen-bond donors (Lipinski definition) is 1. The van der Waals surface area contributed by atoms with Crippen LogP contribution in [0.25, 0.3) is 0 Å². The average Bonchev–Trinajstić information content (AvgIpc) is 2.70. The highest BCUT2D eigenvalue weighted by Gasteiger charge is 2.29. The summed E-state index contributed by atoms with van der Waals surface area (Å²) >= 11 is 1.40. The molecule has 4 nitrogen and oxygen atoms in total. The minimum atomic E-state index is -0.690. The van der Waals surface area contributed by atoms with E-state index in [1.54, 1.807) is 6.07 Å². The van der Waals surface area contributed by atoms with E-state index in [1.165, 1.54) is 11.8 Å². The molecule has 0 saturated heterocycles. The van der Waals surface area contributed by atoms with Crippen molar-refractivity contribution in [1.82, 2.24) is 4.90 Å². The number of halogens is 1. The van der Waals surface area contributed by atoms with Gasteiger partial charge in [-0.05, 0) is 25.2 Å². The van der Waals surface area contributed by atoms with E-state index >= 15 is 0 Å². The van der Waals surface area contributed by atoms with Gasteiger partial charge >= 0.3 is 0 Å². The molecule has 0 spiro atoms. The van der Waals surface area contributed by atoms with Crippen LogP contribution in [0.2, 0.25) is 0 Å². The van der Waals surface area contributed by atoms with Gasteiger partial charge in [-0.3, -0.25) is 9.59 Å². The molecule has 1 amide bonds. The van der Waals surface area contributed by atoms with Crippen LogP contribution >= 0.6 is 11.8 Å². The fraction of sp³-hybridized carbons (Fsp3) is 0.429. The largest absolute Gasteiger partial charge is 0.318 e. The van der Waals surface area contributed by atoms with Crippen molar-refractivity contribution in [3.63, 3.8) is 0 Å². The molecule has 1 N–H and O–H groups in total. The molecule has 0 unspecified atom stereocenters. The van der Waals surface area contributed by atoms with E-state index in [0.717, 1.165) is 31.5 Å². The SMILES string of the molecule is CCN(CC)CCSc1cc2c(cc1F)C(=O)C(=O)N2. The maximum Gasteiger partial charge on any atom is 0.296 e. The average molecular weight is 296 g/mol. The second-order valence-corrected chi connectivity index (χ2v) is 5.62. The van der Waals surface area contributed by atoms with Gasteiger partial charge in [-0.2, -0.15) is 0 Å². The molecular weight excluding hydrogens is 279 g/mol. The van der Waals surface area contributed by atoms with E-state index in [4.69, 9.17) is 0 Å². The van der Waals surface area contributed by atoms with Crippen molar-refractivity contribution in [2.75, 3.05) is 30.7 Å². The Labute approximate surface area is 121 Å². The lowest BCUT2D eigenvalue weighted by molar-refractivity contribution is -0.112. The van der Waals surface area contributed by atoms with Gasteiger partial charge in [-0.15, -0.1) is 11.8 Å². The second kappa shape index (κ2) is 6.37. The van der Waals surface area contributed by atoms with Gasteiger partial charge < -0.3 is 10.2 Å². The van der Waals surface area contributed by atoms with Crippen molar-refractivity contribution in [3.8, 4) is 0 Å². The quantitative estimate of drug-likeness (QED) is 0.647. The van der Waals surface area contributed by atoms with E-state index in [1.807, 2.05) is 0 Å². The number of hydrogen-bond acceptors (Lipinski definition) is 4. The van der Waals surface area contributed by atoms with Gasteiger partial charge in [0.15, 0.2) is 0 Å². The molecule has 1 aromatic rings. The summed E-state index contributed by atoms with van der Waals surface area (Å²) in [5.74, 6) is -1.04. The molecule has 0 bridgehead atoms. The summed E-state index contributed by atoms with van der Waals surface area (Å²) < 4.78 is 13.9. The monoisotopic (exact) mass is 296 g/mol. The third-order valence-corrected chi connectivity index (χ3v) is 4.34. The zero-order chi connectivity index (χ0) is 14.7. The first-order valence-electron chi connectivity index (χ1n) is 6.61. The van der Waals surface area contributed by atoms with Crippen LogP contribution in [0.1, 0.15) is 24.2 Å². The number of nitrogens with one attached hydrogen (secondary N) is 1. The fourth-order valence-corrected chi connectivity index (χ4v) is 3.05. The molecule has 0 atom stereocenters. The van der Waals surface area contributed by atoms with Crippen molar-refractivity contribution in [1.29, 1.82) is 0 Å². The van der Waals surface area contributed by atoms with Crippen molar-refractivity contribution >= 4 is 29.1 Å². The van der Waals surface area contributed by atoms with Gasteiger partial charge in [0.05, 0.1) is 11.3 Å². The van der Waals surface area contributed by atoms with Crippen LogP contribution in [0.3, 0.4) is 0 Å². The number of thioether (sulfide) groups is 1. The van der Waals surface area contributed by atoms with Gasteiger partial charge in [-0.1, -0.05) is 13.8 Å². The molecule has 20 heavy (non-hydrogen) atoms. The molecule has 0 radical (unpaired) electrons. The number of carbonyl (C=O) groups is 2. The van der Waals surface area contributed by atoms with Gasteiger partial charge in [0.25, 0.3) is 11.7 Å². The number of nitrogens with zero attached hydrogens (tertiary/aromatic N) is 1. The smallest absolute Gasteiger partial charge is 0.296 e. The van der Waals surface area contributed by atoms with Crippen molar-refractivity contribution in [2.45, 2.75) is 18.7 Å². The number of carbonyl (C=O) groups excluding carboxylic acids is 2. The maximum atomic E-state index is 13.9. The standard InChI is InChI=1S/C14H17FN2O2S/c1-3-17(4-2)5-6-20-12-8-11-9(7-10(12)15)13(18)14(19)16-11/h7-8H,3-6H2,1-2H3,(H,16,18,19). The van der Waals surface area contributed by atoms with E-state index in [2.05, 4.69) is 24.1 Å². The van der Waals surface area contributed by atoms with E-state index < -0.39 is 17.5 Å². The second-order valence-electron chi connectivity index (χ2n) is 4.49. The van der Waals surface area contributed by atoms with Crippen LogP contribution in [0.4, 0.5) is 10.1 Å². The topological polar surface area (TPSA) is 49.4 Å². The number of anilines is 1. The Kier molecular flexibility index (Phi) is 4.77. The Morgan fingerprint density at radius 2 is 1.95 bits per heavy atom. The first-order valence-corrected chi connectivity index (χ1v) is 7.59. The van der Waals surface area contributed by atoms with E-state index in [-0.39, 0.29) is 5.56 Å². The molecule has 0 fully saturated rings. The highest BCUT2D eigenvalue weighted by atomic mass is 32.2. The highest BCUT2D eigenvalue weighted by Crippen LogP contribution is 2.31. The molecule has 1 heterocycles. The molecule has 108 valence electrons. The number of rotatable bonds is 6. The minimum absolute atomic E-state index is 0.126. The summed E-state index contributed by atoms with van der Waals surface area (Å²) in [6.07, 6.45) is 0. The molecule has 1 aromatic carbocycles. The van der Waals surface area contributed by atoms with Crippen LogP contribution < -0.4 is 5.32 Å². The summed E-state index contributed by atoms with van der Waals surface area (Å²) in [4.78, 5) is 25.4. The summed E-state index contributed by atoms with van der Waals surface area (Å²) in [5, 5.41) is 2.46. The lowest BCUT2D eigenvalue weighted by Gasteiger charge is -2.17. The number of benzene rings is 1. The van der Waals surface area contributed by atoms with Crippen molar-refractivity contribution < 1.29 is 14.0 Å². The van der Waals surface area contributed by atoms with Gasteiger partial charge in [0.2, 0.25) is 0 Å². The molecule has 0 aromatic heterocycles. The summed E-state index contributed by atoms with van der Waals surface area (Å²) in [7, 11) is 0. The Morgan fingerprint density at radius 1 is 1.25 bits per heavy atom.